The molecule has 0 saturated carbocycles. The van der Waals surface area contributed by atoms with Gasteiger partial charge in [0.05, 0.1) is 113 Å². The Bertz CT molecular complexity index is 4530. The van der Waals surface area contributed by atoms with Crippen molar-refractivity contribution in [3.8, 4) is 46.4 Å². The number of carboxylic acids is 1. The molecule has 18 nitrogen and oxygen atoms in total. The van der Waals surface area contributed by atoms with Crippen LogP contribution in [0, 0.1) is 57.6 Å². The van der Waals surface area contributed by atoms with Crippen LogP contribution in [0.15, 0.2) is 133 Å². The number of benzene rings is 6. The Balaban J connectivity index is 0.000000187. The highest BCUT2D eigenvalue weighted by Crippen LogP contribution is 2.35. The number of imidazole rings is 2. The molecule has 0 amide bonds. The first-order chi connectivity index (χ1) is 44.0. The van der Waals surface area contributed by atoms with Crippen LogP contribution in [0.2, 0.25) is 0 Å². The van der Waals surface area contributed by atoms with Crippen molar-refractivity contribution in [3.05, 3.63) is 225 Å². The summed E-state index contributed by atoms with van der Waals surface area (Å²) in [6.07, 6.45) is -0.839. The van der Waals surface area contributed by atoms with Gasteiger partial charge in [-0.05, 0) is 108 Å². The number of aromatic nitrogens is 6. The van der Waals surface area contributed by atoms with Gasteiger partial charge < -0.3 is 47.4 Å². The molecule has 0 radical (unpaired) electrons. The number of nitriles is 2. The summed E-state index contributed by atoms with van der Waals surface area (Å²) in [5, 5.41) is 27.4. The van der Waals surface area contributed by atoms with Crippen LogP contribution in [0.3, 0.4) is 0 Å². The number of aromatic carboxylic acids is 1. The lowest BCUT2D eigenvalue weighted by molar-refractivity contribution is 0.0599. The molecule has 6 heterocycles. The molecule has 24 heteroatoms. The summed E-state index contributed by atoms with van der Waals surface area (Å²) in [6, 6.07) is 33.9. The van der Waals surface area contributed by atoms with E-state index in [-0.39, 0.29) is 130 Å². The quantitative estimate of drug-likeness (QED) is 0.0622. The van der Waals surface area contributed by atoms with E-state index in [4.69, 9.17) is 48.7 Å². The summed E-state index contributed by atoms with van der Waals surface area (Å²) < 4.78 is 133. The van der Waals surface area contributed by atoms with E-state index >= 15 is 17.6 Å². The third kappa shape index (κ3) is 13.3. The Kier molecular flexibility index (Phi) is 18.5. The summed E-state index contributed by atoms with van der Waals surface area (Å²) >= 11 is 0. The molecular formula is C67H52F6N8O10. The molecule has 4 atom stereocenters. The van der Waals surface area contributed by atoms with Crippen molar-refractivity contribution in [3.63, 3.8) is 0 Å². The lowest BCUT2D eigenvalue weighted by atomic mass is 10.0. The first kappa shape index (κ1) is 62.1. The minimum atomic E-state index is -1.11. The number of carbonyl (C=O) groups is 2. The first-order valence-corrected chi connectivity index (χ1v) is 28.1. The minimum absolute atomic E-state index is 0.0304. The highest BCUT2D eigenvalue weighted by molar-refractivity contribution is 5.94. The third-order valence-corrected chi connectivity index (χ3v) is 15.5. The van der Waals surface area contributed by atoms with Gasteiger partial charge in [-0.2, -0.15) is 10.5 Å². The fourth-order valence-corrected chi connectivity index (χ4v) is 10.9. The van der Waals surface area contributed by atoms with Gasteiger partial charge in [-0.3, -0.25) is 0 Å². The van der Waals surface area contributed by atoms with E-state index in [2.05, 4.69) is 15.0 Å². The van der Waals surface area contributed by atoms with Crippen LogP contribution in [0.4, 0.5) is 26.3 Å². The van der Waals surface area contributed by atoms with Gasteiger partial charge in [-0.25, -0.2) is 55.9 Å². The summed E-state index contributed by atoms with van der Waals surface area (Å²) in [5.41, 5.74) is 3.45. The maximum Gasteiger partial charge on any atom is 0.337 e. The largest absolute Gasteiger partial charge is 0.478 e. The molecular weight excluding hydrogens is 1190 g/mol. The van der Waals surface area contributed by atoms with E-state index in [9.17, 15) is 23.5 Å². The van der Waals surface area contributed by atoms with E-state index in [1.807, 2.05) is 16.7 Å². The van der Waals surface area contributed by atoms with E-state index in [1.54, 1.807) is 55.2 Å². The minimum Gasteiger partial charge on any atom is -0.478 e. The van der Waals surface area contributed by atoms with Gasteiger partial charge in [0.2, 0.25) is 11.8 Å². The van der Waals surface area contributed by atoms with Crippen LogP contribution >= 0.6 is 0 Å². The lowest BCUT2D eigenvalue weighted by Crippen LogP contribution is -2.26. The second-order valence-corrected chi connectivity index (χ2v) is 21.1. The zero-order chi connectivity index (χ0) is 64.0. The number of nitrogens with zero attached hydrogens (tertiary/aromatic N) is 8. The molecule has 0 aliphatic carbocycles. The Morgan fingerprint density at radius 2 is 0.967 bits per heavy atom. The molecule has 2 saturated heterocycles. The summed E-state index contributed by atoms with van der Waals surface area (Å²) in [6.45, 7) is 0.862. The van der Waals surface area contributed by atoms with Crippen molar-refractivity contribution >= 4 is 34.0 Å². The molecule has 462 valence electrons. The fraction of sp³-hybridized carbons (Fsp3) is 0.224. The fourth-order valence-electron chi connectivity index (χ4n) is 10.9. The van der Waals surface area contributed by atoms with E-state index < -0.39 is 46.8 Å². The number of carboxylic acid groups (broad SMARTS) is 1. The van der Waals surface area contributed by atoms with Gasteiger partial charge in [-0.15, -0.1) is 0 Å². The zero-order valence-corrected chi connectivity index (χ0v) is 48.6. The van der Waals surface area contributed by atoms with Gasteiger partial charge in [0.25, 0.3) is 0 Å². The van der Waals surface area contributed by atoms with E-state index in [1.165, 1.54) is 67.8 Å². The van der Waals surface area contributed by atoms with Gasteiger partial charge in [0, 0.05) is 61.4 Å². The summed E-state index contributed by atoms with van der Waals surface area (Å²) in [4.78, 5) is 41.9. The van der Waals surface area contributed by atoms with Crippen LogP contribution in [0.25, 0.3) is 44.6 Å². The molecule has 2 aliphatic heterocycles. The molecule has 4 aromatic heterocycles. The van der Waals surface area contributed by atoms with Crippen LogP contribution < -0.4 is 9.47 Å². The Morgan fingerprint density at radius 1 is 0.527 bits per heavy atom. The topological polar surface area (TPSA) is 228 Å². The highest BCUT2D eigenvalue weighted by Gasteiger charge is 2.35. The second kappa shape index (κ2) is 27.1. The second-order valence-electron chi connectivity index (χ2n) is 21.1. The SMILES string of the molecule is COC(=O)c1ccc2nc(Cc3cc(F)c(-c4cccc(OCc5ccc(C#N)cc5F)n4)cc3F)n([C@@H]3COC[C@@H]3OC)c2c1.CO[C@H]1COC[C@H]1n1c(Cc2cc(F)c(-c3cccc(OCc4ccc(C#N)cc4F)n3)cc2F)nc2ccc(C(=O)O)cc21. The van der Waals surface area contributed by atoms with Gasteiger partial charge in [0.15, 0.2) is 0 Å². The van der Waals surface area contributed by atoms with Gasteiger partial charge >= 0.3 is 11.9 Å². The average molecular weight is 1240 g/mol. The number of esters is 1. The van der Waals surface area contributed by atoms with Crippen molar-refractivity contribution < 1.29 is 74.2 Å². The first-order valence-electron chi connectivity index (χ1n) is 28.1. The smallest absolute Gasteiger partial charge is 0.337 e. The van der Waals surface area contributed by atoms with Gasteiger partial charge in [0.1, 0.15) is 72.0 Å². The predicted molar refractivity (Wildman–Crippen MR) is 315 cm³/mol. The number of hydrogen-bond donors (Lipinski definition) is 1. The highest BCUT2D eigenvalue weighted by atomic mass is 19.1. The number of pyridine rings is 2. The van der Waals surface area contributed by atoms with Crippen molar-refractivity contribution in [1.82, 2.24) is 29.1 Å². The number of methoxy groups -OCH3 is 3. The number of rotatable bonds is 18. The molecule has 1 N–H and O–H groups in total. The van der Waals surface area contributed by atoms with Crippen molar-refractivity contribution in [2.24, 2.45) is 0 Å². The van der Waals surface area contributed by atoms with Crippen molar-refractivity contribution in [2.75, 3.05) is 47.8 Å². The standard InChI is InChI=1S/C34H27F3N4O5.C33H25F3N4O5/c1-43-31-18-45-17-30(31)41-29-12-20(34(42)44-2)8-9-28(29)39-32(41)13-22-11-26(37)23(14-25(22)36)27-4-3-5-33(40-27)46-16-21-7-6-19(15-38)10-24(21)35;1-43-30-17-44-16-29(30)40-28-11-19(33(41)42)7-8-27(28)38-31(40)12-21-10-25(36)22(13-24(21)35)26-3-2-4-32(39-26)45-15-20-6-5-18(14-37)9-23(20)34/h3-12,14,30-31H,13,16-18H2,1-2H3;2-11,13,29-30H,12,15-17H2,1H3,(H,41,42)/t30-,31+;29-,30+/m11/s1. The molecule has 2 fully saturated rings. The number of fused-ring (bicyclic) bond motifs is 2. The molecule has 0 unspecified atom stereocenters. The molecule has 91 heavy (non-hydrogen) atoms. The Hall–Kier alpha value is -10.5. The summed E-state index contributed by atoms with van der Waals surface area (Å²) in [7, 11) is 4.40. The molecule has 12 rings (SSSR count). The maximum absolute atomic E-state index is 15.7. The normalized spacial score (nSPS) is 16.1. The zero-order valence-electron chi connectivity index (χ0n) is 48.6. The molecule has 0 bridgehead atoms. The average Bonchev–Trinajstić information content (AvgIpc) is 1.71. The number of hydrogen-bond acceptors (Lipinski definition) is 15. The predicted octanol–water partition coefficient (Wildman–Crippen LogP) is 11.8. The van der Waals surface area contributed by atoms with E-state index in [0.29, 0.717) is 59.1 Å². The Morgan fingerprint density at radius 3 is 1.38 bits per heavy atom. The molecule has 0 spiro atoms. The molecule has 10 aromatic rings. The Labute approximate surface area is 515 Å². The van der Waals surface area contributed by atoms with Crippen molar-refractivity contribution in [1.29, 1.82) is 10.5 Å². The van der Waals surface area contributed by atoms with Crippen LogP contribution in [0.5, 0.6) is 11.8 Å². The molecule has 2 aliphatic rings. The van der Waals surface area contributed by atoms with Crippen LogP contribution in [-0.4, -0.2) is 106 Å². The maximum atomic E-state index is 15.7. The number of ether oxygens (including phenoxy) is 7. The van der Waals surface area contributed by atoms with Crippen LogP contribution in [-0.2, 0) is 49.7 Å². The number of carbonyl (C=O) groups excluding carboxylic acids is 1. The molecule has 6 aromatic carbocycles. The number of halogens is 6. The van der Waals surface area contributed by atoms with Crippen LogP contribution in [0.1, 0.15) is 77.8 Å². The summed E-state index contributed by atoms with van der Waals surface area (Å²) in [5.74, 6) is -4.68. The monoisotopic (exact) mass is 1240 g/mol. The van der Waals surface area contributed by atoms with E-state index in [0.717, 1.165) is 36.4 Å². The lowest BCUT2D eigenvalue weighted by Gasteiger charge is -2.21. The third-order valence-electron chi connectivity index (χ3n) is 15.5. The van der Waals surface area contributed by atoms with Gasteiger partial charge in [-0.1, -0.05) is 24.3 Å². The van der Waals surface area contributed by atoms with Crippen molar-refractivity contribution in [2.45, 2.75) is 50.3 Å².